The zero-order valence-corrected chi connectivity index (χ0v) is 16.3. The zero-order valence-electron chi connectivity index (χ0n) is 16.3. The molecule has 0 spiro atoms. The molecule has 2 aromatic heterocycles. The number of anilines is 1. The van der Waals surface area contributed by atoms with Crippen molar-refractivity contribution in [3.63, 3.8) is 0 Å². The van der Waals surface area contributed by atoms with Crippen molar-refractivity contribution in [1.82, 2.24) is 19.9 Å². The Balaban J connectivity index is 1.53. The van der Waals surface area contributed by atoms with Crippen LogP contribution in [-0.2, 0) is 6.54 Å². The molecule has 7 rings (SSSR count). The van der Waals surface area contributed by atoms with Gasteiger partial charge in [-0.05, 0) is 25.1 Å². The van der Waals surface area contributed by atoms with E-state index in [1.807, 2.05) is 6.92 Å². The molecule has 1 aliphatic carbocycles. The summed E-state index contributed by atoms with van der Waals surface area (Å²) in [7, 11) is 0. The van der Waals surface area contributed by atoms with Gasteiger partial charge in [-0.3, -0.25) is 4.79 Å². The molecule has 1 atom stereocenters. The molecule has 0 unspecified atom stereocenters. The second-order valence-electron chi connectivity index (χ2n) is 8.18. The highest BCUT2D eigenvalue weighted by molar-refractivity contribution is 6.00. The van der Waals surface area contributed by atoms with Crippen molar-refractivity contribution in [1.29, 1.82) is 0 Å². The van der Waals surface area contributed by atoms with E-state index in [4.69, 9.17) is 14.5 Å². The number of rotatable bonds is 0. The number of aromatic nitrogens is 3. The second kappa shape index (κ2) is 6.32. The lowest BCUT2D eigenvalue weighted by Crippen LogP contribution is -2.49. The van der Waals surface area contributed by atoms with E-state index in [-0.39, 0.29) is 29.9 Å². The van der Waals surface area contributed by atoms with Crippen molar-refractivity contribution in [2.24, 2.45) is 0 Å². The molecule has 1 aromatic carbocycles. The van der Waals surface area contributed by atoms with Crippen molar-refractivity contribution < 1.29 is 18.7 Å². The number of carbonyl (C=O) groups is 1. The van der Waals surface area contributed by atoms with Crippen LogP contribution in [0.4, 0.5) is 10.2 Å². The molecule has 154 valence electrons. The summed E-state index contributed by atoms with van der Waals surface area (Å²) in [6.07, 6.45) is 4.67. The van der Waals surface area contributed by atoms with Crippen LogP contribution in [0.1, 0.15) is 35.7 Å². The molecule has 1 fully saturated rings. The summed E-state index contributed by atoms with van der Waals surface area (Å²) in [4.78, 5) is 19.6. The van der Waals surface area contributed by atoms with Gasteiger partial charge in [0.1, 0.15) is 29.8 Å². The van der Waals surface area contributed by atoms with E-state index < -0.39 is 0 Å². The number of amides is 1. The number of halogens is 1. The standard InChI is InChI=1S/C21H20FN5O3/c1-11-10-29-18-9-27-19-16(7-23-27)21(28)24-14-5-15(6-14)30-17-3-2-13(22)4-12(17)8-26(11)20(18)25-19/h2-4,7,9,11,14-15H,5-6,8,10H2,1H3,(H,24,28)/t11-,14-,15+/m1/s1. The summed E-state index contributed by atoms with van der Waals surface area (Å²) in [6.45, 7) is 2.91. The van der Waals surface area contributed by atoms with Gasteiger partial charge in [0.25, 0.3) is 5.91 Å². The van der Waals surface area contributed by atoms with Gasteiger partial charge in [-0.1, -0.05) is 0 Å². The Bertz CT molecular complexity index is 1170. The average Bonchev–Trinajstić information content (AvgIpc) is 3.11. The van der Waals surface area contributed by atoms with E-state index in [1.54, 1.807) is 16.8 Å². The molecule has 1 amide bonds. The third-order valence-electron chi connectivity index (χ3n) is 6.06. The number of hydrogen-bond acceptors (Lipinski definition) is 6. The van der Waals surface area contributed by atoms with Crippen LogP contribution < -0.4 is 19.7 Å². The SMILES string of the molecule is C[C@@H]1COc2cn3ncc4c3nc2N1Cc1cc(F)ccc1O[C@H]1C[C@H](C1)NC4=O. The van der Waals surface area contributed by atoms with Gasteiger partial charge in [-0.25, -0.2) is 13.9 Å². The van der Waals surface area contributed by atoms with Gasteiger partial charge in [0, 0.05) is 31.0 Å². The van der Waals surface area contributed by atoms with Crippen LogP contribution in [0, 0.1) is 5.82 Å². The summed E-state index contributed by atoms with van der Waals surface area (Å²) >= 11 is 0. The lowest BCUT2D eigenvalue weighted by molar-refractivity contribution is 0.0696. The Kier molecular flexibility index (Phi) is 3.68. The van der Waals surface area contributed by atoms with Crippen molar-refractivity contribution in [3.05, 3.63) is 47.5 Å². The molecule has 1 saturated carbocycles. The minimum Gasteiger partial charge on any atom is -0.490 e. The number of nitrogens with one attached hydrogen (secondary N) is 1. The van der Waals surface area contributed by atoms with Gasteiger partial charge in [-0.2, -0.15) is 5.10 Å². The molecule has 0 saturated heterocycles. The molecule has 3 aromatic rings. The highest BCUT2D eigenvalue weighted by Gasteiger charge is 2.35. The maximum absolute atomic E-state index is 14.1. The van der Waals surface area contributed by atoms with Crippen molar-refractivity contribution in [2.75, 3.05) is 11.5 Å². The minimum absolute atomic E-state index is 0.00440. The van der Waals surface area contributed by atoms with Crippen LogP contribution in [0.15, 0.2) is 30.6 Å². The van der Waals surface area contributed by atoms with E-state index in [0.717, 1.165) is 5.56 Å². The van der Waals surface area contributed by atoms with Gasteiger partial charge in [0.2, 0.25) is 0 Å². The molecule has 9 heteroatoms. The molecule has 3 aliphatic heterocycles. The number of benzene rings is 1. The lowest BCUT2D eigenvalue weighted by atomic mass is 9.89. The Labute approximate surface area is 171 Å². The van der Waals surface area contributed by atoms with Crippen molar-refractivity contribution in [2.45, 2.75) is 44.5 Å². The van der Waals surface area contributed by atoms with Gasteiger partial charge < -0.3 is 19.7 Å². The predicted molar refractivity (Wildman–Crippen MR) is 105 cm³/mol. The molecule has 4 bridgehead atoms. The number of fused-ring (bicyclic) bond motifs is 1. The van der Waals surface area contributed by atoms with E-state index in [9.17, 15) is 9.18 Å². The van der Waals surface area contributed by atoms with Gasteiger partial charge >= 0.3 is 0 Å². The predicted octanol–water partition coefficient (Wildman–Crippen LogP) is 2.31. The molecule has 30 heavy (non-hydrogen) atoms. The fourth-order valence-corrected chi connectivity index (χ4v) is 4.29. The molecule has 1 N–H and O–H groups in total. The third kappa shape index (κ3) is 2.68. The molecule has 5 heterocycles. The van der Waals surface area contributed by atoms with E-state index in [0.29, 0.717) is 54.5 Å². The number of hydrogen-bond donors (Lipinski definition) is 1. The summed E-state index contributed by atoms with van der Waals surface area (Å²) < 4.78 is 27.7. The van der Waals surface area contributed by atoms with Crippen molar-refractivity contribution in [3.8, 4) is 11.5 Å². The van der Waals surface area contributed by atoms with Crippen LogP contribution in [-0.4, -0.2) is 45.3 Å². The van der Waals surface area contributed by atoms with Crippen LogP contribution in [0.5, 0.6) is 11.5 Å². The Morgan fingerprint density at radius 2 is 2.13 bits per heavy atom. The third-order valence-corrected chi connectivity index (χ3v) is 6.06. The first-order valence-electron chi connectivity index (χ1n) is 10.1. The highest BCUT2D eigenvalue weighted by Crippen LogP contribution is 2.36. The normalized spacial score (nSPS) is 24.9. The Morgan fingerprint density at radius 3 is 3.00 bits per heavy atom. The Morgan fingerprint density at radius 1 is 1.27 bits per heavy atom. The lowest BCUT2D eigenvalue weighted by Gasteiger charge is -2.38. The first-order chi connectivity index (χ1) is 14.5. The Hall–Kier alpha value is -3.36. The summed E-state index contributed by atoms with van der Waals surface area (Å²) in [5.41, 5.74) is 1.65. The van der Waals surface area contributed by atoms with E-state index >= 15 is 0 Å². The maximum Gasteiger partial charge on any atom is 0.256 e. The summed E-state index contributed by atoms with van der Waals surface area (Å²) in [5.74, 6) is 1.34. The molecular formula is C21H20FN5O3. The summed E-state index contributed by atoms with van der Waals surface area (Å²) in [5, 5.41) is 7.32. The first kappa shape index (κ1) is 17.5. The van der Waals surface area contributed by atoms with Crippen LogP contribution >= 0.6 is 0 Å². The largest absolute Gasteiger partial charge is 0.490 e. The quantitative estimate of drug-likeness (QED) is 0.614. The van der Waals surface area contributed by atoms with Crippen LogP contribution in [0.25, 0.3) is 5.65 Å². The monoisotopic (exact) mass is 409 g/mol. The maximum atomic E-state index is 14.1. The van der Waals surface area contributed by atoms with E-state index in [1.165, 1.54) is 18.3 Å². The molecule has 0 radical (unpaired) electrons. The summed E-state index contributed by atoms with van der Waals surface area (Å²) in [6, 6.07) is 4.65. The van der Waals surface area contributed by atoms with Crippen LogP contribution in [0.2, 0.25) is 0 Å². The highest BCUT2D eigenvalue weighted by atomic mass is 19.1. The molecular weight excluding hydrogens is 389 g/mol. The van der Waals surface area contributed by atoms with Crippen molar-refractivity contribution >= 4 is 17.4 Å². The molecule has 8 nitrogen and oxygen atoms in total. The van der Waals surface area contributed by atoms with Gasteiger partial charge in [0.05, 0.1) is 18.4 Å². The van der Waals surface area contributed by atoms with Crippen LogP contribution in [0.3, 0.4) is 0 Å². The number of nitrogens with zero attached hydrogens (tertiary/aromatic N) is 4. The fourth-order valence-electron chi connectivity index (χ4n) is 4.29. The van der Waals surface area contributed by atoms with Gasteiger partial charge in [0.15, 0.2) is 17.2 Å². The number of ether oxygens (including phenoxy) is 2. The topological polar surface area (TPSA) is 81.0 Å². The second-order valence-corrected chi connectivity index (χ2v) is 8.18. The van der Waals surface area contributed by atoms with Gasteiger partial charge in [-0.15, -0.1) is 0 Å². The number of carbonyl (C=O) groups excluding carboxylic acids is 1. The van der Waals surface area contributed by atoms with E-state index in [2.05, 4.69) is 15.3 Å². The molecule has 4 aliphatic rings. The minimum atomic E-state index is -0.306. The zero-order chi connectivity index (χ0) is 20.4. The smallest absolute Gasteiger partial charge is 0.256 e. The fraction of sp³-hybridized carbons (Fsp3) is 0.381. The average molecular weight is 409 g/mol. The first-order valence-corrected chi connectivity index (χ1v) is 10.1.